The molecule has 1 amide bonds. The molecule has 3 aromatic rings. The van der Waals surface area contributed by atoms with Crippen molar-refractivity contribution >= 4 is 54.0 Å². The van der Waals surface area contributed by atoms with Crippen molar-refractivity contribution in [1.82, 2.24) is 4.98 Å². The quantitative estimate of drug-likeness (QED) is 0.577. The maximum Gasteiger partial charge on any atom is 0.261 e. The topological polar surface area (TPSA) is 88.2 Å². The molecule has 0 bridgehead atoms. The van der Waals surface area contributed by atoms with Gasteiger partial charge in [-0.15, -0.1) is 11.3 Å². The first kappa shape index (κ1) is 19.5. The van der Waals surface area contributed by atoms with Crippen LogP contribution in [-0.2, 0) is 10.0 Å². The van der Waals surface area contributed by atoms with Crippen LogP contribution in [0.5, 0.6) is 0 Å². The van der Waals surface area contributed by atoms with E-state index in [-0.39, 0.29) is 10.5 Å². The van der Waals surface area contributed by atoms with Crippen LogP contribution in [0.1, 0.15) is 21.6 Å². The van der Waals surface area contributed by atoms with Crippen LogP contribution in [0.15, 0.2) is 57.2 Å². The highest BCUT2D eigenvalue weighted by Crippen LogP contribution is 2.26. The summed E-state index contributed by atoms with van der Waals surface area (Å²) in [5, 5.41) is 4.95. The Labute approximate surface area is 169 Å². The third kappa shape index (κ3) is 4.74. The Bertz CT molecular complexity index is 1110. The van der Waals surface area contributed by atoms with Gasteiger partial charge < -0.3 is 0 Å². The second-order valence-electron chi connectivity index (χ2n) is 5.86. The summed E-state index contributed by atoms with van der Waals surface area (Å²) in [6.07, 6.45) is 0. The molecule has 3 rings (SSSR count). The van der Waals surface area contributed by atoms with E-state index in [1.807, 2.05) is 25.3 Å². The highest BCUT2D eigenvalue weighted by atomic mass is 79.9. The molecular formula is C18H16BrN3O3S2. The van der Waals surface area contributed by atoms with Gasteiger partial charge in [0.2, 0.25) is 0 Å². The van der Waals surface area contributed by atoms with E-state index in [0.717, 1.165) is 11.3 Å². The Morgan fingerprint density at radius 3 is 2.63 bits per heavy atom. The molecule has 140 valence electrons. The van der Waals surface area contributed by atoms with Gasteiger partial charge in [0, 0.05) is 15.4 Å². The molecule has 0 aliphatic rings. The minimum atomic E-state index is -3.85. The summed E-state index contributed by atoms with van der Waals surface area (Å²) in [6, 6.07) is 11.2. The Balaban J connectivity index is 1.85. The zero-order valence-electron chi connectivity index (χ0n) is 14.5. The number of anilines is 2. The number of thiazole rings is 1. The van der Waals surface area contributed by atoms with E-state index < -0.39 is 15.9 Å². The lowest BCUT2D eigenvalue weighted by Crippen LogP contribution is -2.16. The average Bonchev–Trinajstić information content (AvgIpc) is 3.03. The standard InChI is InChI=1S/C18H16BrN3O3S2/c1-11-6-7-15(19)16(8-11)22-27(24,25)14-5-3-4-13(9-14)17(23)21-18-20-12(2)10-26-18/h3-10,22H,1-2H3,(H,20,21,23). The number of rotatable bonds is 5. The lowest BCUT2D eigenvalue weighted by atomic mass is 10.2. The van der Waals surface area contributed by atoms with E-state index in [0.29, 0.717) is 15.3 Å². The summed E-state index contributed by atoms with van der Waals surface area (Å²) in [4.78, 5) is 16.6. The van der Waals surface area contributed by atoms with Crippen molar-refractivity contribution < 1.29 is 13.2 Å². The van der Waals surface area contributed by atoms with Gasteiger partial charge in [0.05, 0.1) is 16.3 Å². The zero-order valence-corrected chi connectivity index (χ0v) is 17.7. The van der Waals surface area contributed by atoms with Crippen LogP contribution in [0.4, 0.5) is 10.8 Å². The smallest absolute Gasteiger partial charge is 0.261 e. The fourth-order valence-electron chi connectivity index (χ4n) is 2.31. The molecular weight excluding hydrogens is 450 g/mol. The zero-order chi connectivity index (χ0) is 19.6. The second-order valence-corrected chi connectivity index (χ2v) is 9.26. The van der Waals surface area contributed by atoms with Crippen LogP contribution in [0.2, 0.25) is 0 Å². The average molecular weight is 466 g/mol. The van der Waals surface area contributed by atoms with E-state index in [1.54, 1.807) is 18.2 Å². The first-order chi connectivity index (χ1) is 12.7. The number of sulfonamides is 1. The minimum Gasteiger partial charge on any atom is -0.298 e. The van der Waals surface area contributed by atoms with E-state index in [1.165, 1.54) is 29.5 Å². The molecule has 6 nitrogen and oxygen atoms in total. The number of nitrogens with zero attached hydrogens (tertiary/aromatic N) is 1. The van der Waals surface area contributed by atoms with Crippen molar-refractivity contribution in [3.8, 4) is 0 Å². The number of carbonyl (C=O) groups excluding carboxylic acids is 1. The predicted molar refractivity (Wildman–Crippen MR) is 111 cm³/mol. The number of nitrogens with one attached hydrogen (secondary N) is 2. The van der Waals surface area contributed by atoms with Gasteiger partial charge in [-0.25, -0.2) is 13.4 Å². The molecule has 1 heterocycles. The molecule has 9 heteroatoms. The molecule has 0 spiro atoms. The number of aromatic nitrogens is 1. The van der Waals surface area contributed by atoms with E-state index in [9.17, 15) is 13.2 Å². The summed E-state index contributed by atoms with van der Waals surface area (Å²) in [5.74, 6) is -0.418. The molecule has 0 unspecified atom stereocenters. The van der Waals surface area contributed by atoms with Gasteiger partial charge in [0.1, 0.15) is 0 Å². The second kappa shape index (κ2) is 7.79. The maximum atomic E-state index is 12.7. The summed E-state index contributed by atoms with van der Waals surface area (Å²) >= 11 is 4.64. The number of hydrogen-bond acceptors (Lipinski definition) is 5. The van der Waals surface area contributed by atoms with Crippen LogP contribution >= 0.6 is 27.3 Å². The van der Waals surface area contributed by atoms with Crippen LogP contribution in [0.25, 0.3) is 0 Å². The van der Waals surface area contributed by atoms with Gasteiger partial charge >= 0.3 is 0 Å². The SMILES string of the molecule is Cc1ccc(Br)c(NS(=O)(=O)c2cccc(C(=O)Nc3nc(C)cs3)c2)c1. The normalized spacial score (nSPS) is 11.2. The van der Waals surface area contributed by atoms with E-state index in [2.05, 4.69) is 31.0 Å². The van der Waals surface area contributed by atoms with E-state index in [4.69, 9.17) is 0 Å². The number of hydrogen-bond donors (Lipinski definition) is 2. The summed E-state index contributed by atoms with van der Waals surface area (Å²) in [6.45, 7) is 3.70. The highest BCUT2D eigenvalue weighted by Gasteiger charge is 2.18. The van der Waals surface area contributed by atoms with Crippen LogP contribution in [0.3, 0.4) is 0 Å². The van der Waals surface area contributed by atoms with Gasteiger partial charge in [-0.1, -0.05) is 12.1 Å². The number of aryl methyl sites for hydroxylation is 2. The van der Waals surface area contributed by atoms with Crippen LogP contribution < -0.4 is 10.0 Å². The molecule has 0 atom stereocenters. The molecule has 0 saturated carbocycles. The third-order valence-corrected chi connectivity index (χ3v) is 6.54. The molecule has 27 heavy (non-hydrogen) atoms. The Kier molecular flexibility index (Phi) is 5.64. The molecule has 0 aliphatic carbocycles. The summed E-state index contributed by atoms with van der Waals surface area (Å²) in [5.41, 5.74) is 2.39. The third-order valence-electron chi connectivity index (χ3n) is 3.61. The molecule has 1 aromatic heterocycles. The lowest BCUT2D eigenvalue weighted by Gasteiger charge is -2.11. The van der Waals surface area contributed by atoms with Gasteiger partial charge in [-0.05, 0) is 65.7 Å². The fourth-order valence-corrected chi connectivity index (χ4v) is 4.58. The Morgan fingerprint density at radius 1 is 1.15 bits per heavy atom. The molecule has 0 aliphatic heterocycles. The highest BCUT2D eigenvalue weighted by molar-refractivity contribution is 9.10. The first-order valence-corrected chi connectivity index (χ1v) is 11.0. The van der Waals surface area contributed by atoms with E-state index >= 15 is 0 Å². The van der Waals surface area contributed by atoms with Crippen LogP contribution in [-0.4, -0.2) is 19.3 Å². The predicted octanol–water partition coefficient (Wildman–Crippen LogP) is 4.58. The molecule has 0 saturated heterocycles. The maximum absolute atomic E-state index is 12.7. The Hall–Kier alpha value is -2.23. The molecule has 2 N–H and O–H groups in total. The lowest BCUT2D eigenvalue weighted by molar-refractivity contribution is 0.102. The minimum absolute atomic E-state index is 0.00104. The van der Waals surface area contributed by atoms with Crippen molar-refractivity contribution in [2.75, 3.05) is 10.0 Å². The van der Waals surface area contributed by atoms with Crippen LogP contribution in [0, 0.1) is 13.8 Å². The number of halogens is 1. The van der Waals surface area contributed by atoms with Gasteiger partial charge in [-0.3, -0.25) is 14.8 Å². The monoisotopic (exact) mass is 465 g/mol. The Morgan fingerprint density at radius 2 is 1.93 bits per heavy atom. The molecule has 2 aromatic carbocycles. The largest absolute Gasteiger partial charge is 0.298 e. The number of carbonyl (C=O) groups is 1. The first-order valence-electron chi connectivity index (χ1n) is 7.87. The number of benzene rings is 2. The van der Waals surface area contributed by atoms with Crippen molar-refractivity contribution in [3.63, 3.8) is 0 Å². The fraction of sp³-hybridized carbons (Fsp3) is 0.111. The van der Waals surface area contributed by atoms with Gasteiger partial charge in [0.25, 0.3) is 15.9 Å². The number of amides is 1. The molecule has 0 fully saturated rings. The molecule has 0 radical (unpaired) electrons. The summed E-state index contributed by atoms with van der Waals surface area (Å²) < 4.78 is 28.6. The summed E-state index contributed by atoms with van der Waals surface area (Å²) in [7, 11) is -3.85. The van der Waals surface area contributed by atoms with Crippen molar-refractivity contribution in [1.29, 1.82) is 0 Å². The van der Waals surface area contributed by atoms with Crippen molar-refractivity contribution in [2.45, 2.75) is 18.7 Å². The van der Waals surface area contributed by atoms with Crippen molar-refractivity contribution in [3.05, 3.63) is 69.1 Å². The van der Waals surface area contributed by atoms with Crippen molar-refractivity contribution in [2.24, 2.45) is 0 Å². The van der Waals surface area contributed by atoms with Gasteiger partial charge in [-0.2, -0.15) is 0 Å². The van der Waals surface area contributed by atoms with Gasteiger partial charge in [0.15, 0.2) is 5.13 Å².